The molecule has 0 aliphatic carbocycles. The molecule has 3 aromatic heterocycles. The molecule has 1 fully saturated rings. The predicted octanol–water partition coefficient (Wildman–Crippen LogP) is 3.43. The molecule has 1 aliphatic heterocycles. The minimum absolute atomic E-state index is 0.555. The van der Waals surface area contributed by atoms with Gasteiger partial charge in [-0.05, 0) is 49.7 Å². The van der Waals surface area contributed by atoms with Gasteiger partial charge in [0.15, 0.2) is 10.8 Å². The fourth-order valence-corrected chi connectivity index (χ4v) is 4.79. The highest BCUT2D eigenvalue weighted by molar-refractivity contribution is 7.22. The third-order valence-electron chi connectivity index (χ3n) is 5.35. The van der Waals surface area contributed by atoms with Crippen LogP contribution in [-0.2, 0) is 7.05 Å². The highest BCUT2D eigenvalue weighted by Gasteiger charge is 2.21. The molecule has 0 amide bonds. The number of piperidine rings is 1. The maximum Gasteiger partial charge on any atom is 0.188 e. The monoisotopic (exact) mass is 378 g/mol. The lowest BCUT2D eigenvalue weighted by atomic mass is 10.1. The van der Waals surface area contributed by atoms with Crippen molar-refractivity contribution in [1.82, 2.24) is 25.1 Å². The molecule has 4 aromatic rings. The summed E-state index contributed by atoms with van der Waals surface area (Å²) in [5, 5.41) is 10.1. The summed E-state index contributed by atoms with van der Waals surface area (Å²) in [5.41, 5.74) is 4.13. The predicted molar refractivity (Wildman–Crippen MR) is 111 cm³/mol. The molecule has 4 heterocycles. The van der Waals surface area contributed by atoms with Gasteiger partial charge in [0.1, 0.15) is 0 Å². The Morgan fingerprint density at radius 3 is 2.89 bits per heavy atom. The molecule has 0 bridgehead atoms. The summed E-state index contributed by atoms with van der Waals surface area (Å²) in [5.74, 6) is 0. The lowest BCUT2D eigenvalue weighted by Crippen LogP contribution is -2.41. The van der Waals surface area contributed by atoms with Crippen molar-refractivity contribution in [2.75, 3.05) is 25.0 Å². The number of anilines is 1. The largest absolute Gasteiger partial charge is 0.348 e. The maximum absolute atomic E-state index is 4.78. The minimum atomic E-state index is 0.555. The van der Waals surface area contributed by atoms with E-state index in [-0.39, 0.29) is 0 Å². The summed E-state index contributed by atoms with van der Waals surface area (Å²) in [6.07, 6.45) is 6.30. The zero-order chi connectivity index (χ0) is 18.4. The molecular weight excluding hydrogens is 356 g/mol. The van der Waals surface area contributed by atoms with Crippen molar-refractivity contribution in [2.45, 2.75) is 18.9 Å². The smallest absolute Gasteiger partial charge is 0.188 e. The van der Waals surface area contributed by atoms with Crippen molar-refractivity contribution in [1.29, 1.82) is 0 Å². The van der Waals surface area contributed by atoms with Crippen LogP contribution in [0.15, 0.2) is 36.7 Å². The number of benzene rings is 1. The van der Waals surface area contributed by atoms with E-state index in [1.54, 1.807) is 11.3 Å². The number of nitrogens with zero attached hydrogens (tertiary/aromatic N) is 5. The van der Waals surface area contributed by atoms with Crippen LogP contribution in [0.1, 0.15) is 12.8 Å². The van der Waals surface area contributed by atoms with Crippen LogP contribution in [0, 0.1) is 0 Å². The van der Waals surface area contributed by atoms with E-state index in [0.717, 1.165) is 63.4 Å². The second kappa shape index (κ2) is 6.58. The fraction of sp³-hybridized carbons (Fsp3) is 0.350. The number of thiazole rings is 1. The first-order valence-corrected chi connectivity index (χ1v) is 10.1. The van der Waals surface area contributed by atoms with Gasteiger partial charge in [-0.2, -0.15) is 10.1 Å². The van der Waals surface area contributed by atoms with Crippen molar-refractivity contribution >= 4 is 37.7 Å². The van der Waals surface area contributed by atoms with Crippen molar-refractivity contribution in [3.05, 3.63) is 36.7 Å². The third kappa shape index (κ3) is 3.07. The standard InChI is InChI=1S/C20H22N6S/c1-25-12-15-9-13(3-4-17(15)24-25)14-10-18-19(22-11-14)23-20(27-18)26(2)16-5-7-21-8-6-16/h3-4,9-12,16,21H,5-8H2,1-2H3. The summed E-state index contributed by atoms with van der Waals surface area (Å²) >= 11 is 1.73. The van der Waals surface area contributed by atoms with Crippen LogP contribution < -0.4 is 10.2 Å². The highest BCUT2D eigenvalue weighted by atomic mass is 32.1. The summed E-state index contributed by atoms with van der Waals surface area (Å²) < 4.78 is 2.98. The molecule has 1 aromatic carbocycles. The molecule has 0 radical (unpaired) electrons. The molecule has 1 saturated heterocycles. The molecule has 5 rings (SSSR count). The third-order valence-corrected chi connectivity index (χ3v) is 6.43. The maximum atomic E-state index is 4.78. The molecule has 1 N–H and O–H groups in total. The Hall–Kier alpha value is -2.51. The number of fused-ring (bicyclic) bond motifs is 2. The Kier molecular flexibility index (Phi) is 4.06. The van der Waals surface area contributed by atoms with Gasteiger partial charge in [-0.25, -0.2) is 4.98 Å². The summed E-state index contributed by atoms with van der Waals surface area (Å²) in [7, 11) is 4.11. The van der Waals surface area contributed by atoms with Gasteiger partial charge in [-0.15, -0.1) is 0 Å². The minimum Gasteiger partial charge on any atom is -0.348 e. The van der Waals surface area contributed by atoms with Crippen LogP contribution in [0.4, 0.5) is 5.13 Å². The Morgan fingerprint density at radius 2 is 2.04 bits per heavy atom. The highest BCUT2D eigenvalue weighted by Crippen LogP contribution is 2.32. The van der Waals surface area contributed by atoms with E-state index in [0.29, 0.717) is 6.04 Å². The number of aromatic nitrogens is 4. The average molecular weight is 379 g/mol. The van der Waals surface area contributed by atoms with Gasteiger partial charge >= 0.3 is 0 Å². The van der Waals surface area contributed by atoms with E-state index in [4.69, 9.17) is 4.98 Å². The summed E-state index contributed by atoms with van der Waals surface area (Å²) in [6.45, 7) is 2.16. The molecular formula is C20H22N6S. The Bertz CT molecular complexity index is 1110. The van der Waals surface area contributed by atoms with Crippen molar-refractivity contribution in [2.24, 2.45) is 7.05 Å². The number of hydrogen-bond donors (Lipinski definition) is 1. The number of nitrogens with one attached hydrogen (secondary N) is 1. The zero-order valence-corrected chi connectivity index (χ0v) is 16.3. The van der Waals surface area contributed by atoms with Crippen molar-refractivity contribution in [3.63, 3.8) is 0 Å². The number of rotatable bonds is 3. The van der Waals surface area contributed by atoms with E-state index >= 15 is 0 Å². The molecule has 0 spiro atoms. The first-order chi connectivity index (χ1) is 13.2. The quantitative estimate of drug-likeness (QED) is 0.592. The molecule has 6 nitrogen and oxygen atoms in total. The van der Waals surface area contributed by atoms with Gasteiger partial charge in [0, 0.05) is 43.5 Å². The molecule has 0 saturated carbocycles. The Labute approximate surface area is 161 Å². The van der Waals surface area contributed by atoms with Crippen LogP contribution in [0.25, 0.3) is 32.4 Å². The summed E-state index contributed by atoms with van der Waals surface area (Å²) in [6, 6.07) is 9.12. The van der Waals surface area contributed by atoms with E-state index in [1.807, 2.05) is 24.1 Å². The van der Waals surface area contributed by atoms with Crippen LogP contribution >= 0.6 is 11.3 Å². The lowest BCUT2D eigenvalue weighted by Gasteiger charge is -2.31. The second-order valence-electron chi connectivity index (χ2n) is 7.21. The average Bonchev–Trinajstić information content (AvgIpc) is 3.29. The summed E-state index contributed by atoms with van der Waals surface area (Å²) in [4.78, 5) is 11.7. The van der Waals surface area contributed by atoms with Crippen LogP contribution in [0.2, 0.25) is 0 Å². The second-order valence-corrected chi connectivity index (χ2v) is 8.22. The topological polar surface area (TPSA) is 58.9 Å². The van der Waals surface area contributed by atoms with Gasteiger partial charge in [0.25, 0.3) is 0 Å². The van der Waals surface area contributed by atoms with Crippen molar-refractivity contribution in [3.8, 4) is 11.1 Å². The van der Waals surface area contributed by atoms with Gasteiger partial charge in [0.05, 0.1) is 10.2 Å². The van der Waals surface area contributed by atoms with E-state index in [2.05, 4.69) is 51.6 Å². The normalized spacial score (nSPS) is 15.6. The van der Waals surface area contributed by atoms with E-state index in [1.165, 1.54) is 0 Å². The van der Waals surface area contributed by atoms with E-state index < -0.39 is 0 Å². The molecule has 27 heavy (non-hydrogen) atoms. The van der Waals surface area contributed by atoms with Crippen LogP contribution in [0.5, 0.6) is 0 Å². The Balaban J connectivity index is 1.49. The van der Waals surface area contributed by atoms with Gasteiger partial charge in [-0.1, -0.05) is 17.4 Å². The molecule has 0 unspecified atom stereocenters. The van der Waals surface area contributed by atoms with Gasteiger partial charge in [0.2, 0.25) is 0 Å². The SMILES string of the molecule is CN(c1nc2ncc(-c3ccc4nn(C)cc4c3)cc2s1)C1CCNCC1. The molecule has 7 heteroatoms. The Morgan fingerprint density at radius 1 is 1.19 bits per heavy atom. The van der Waals surface area contributed by atoms with Gasteiger partial charge in [-0.3, -0.25) is 4.68 Å². The molecule has 1 aliphatic rings. The first-order valence-electron chi connectivity index (χ1n) is 9.31. The lowest BCUT2D eigenvalue weighted by molar-refractivity contribution is 0.443. The first kappa shape index (κ1) is 16.6. The van der Waals surface area contributed by atoms with E-state index in [9.17, 15) is 0 Å². The molecule has 138 valence electrons. The number of pyridine rings is 1. The number of aryl methyl sites for hydroxylation is 1. The van der Waals surface area contributed by atoms with Crippen LogP contribution in [-0.4, -0.2) is 45.9 Å². The fourth-order valence-electron chi connectivity index (χ4n) is 3.80. The zero-order valence-electron chi connectivity index (χ0n) is 15.5. The molecule has 0 atom stereocenters. The van der Waals surface area contributed by atoms with Crippen LogP contribution in [0.3, 0.4) is 0 Å². The number of hydrogen-bond acceptors (Lipinski definition) is 6. The van der Waals surface area contributed by atoms with Crippen molar-refractivity contribution < 1.29 is 0 Å². The van der Waals surface area contributed by atoms with Gasteiger partial charge < -0.3 is 10.2 Å².